The highest BCUT2D eigenvalue weighted by Gasteiger charge is 2.25. The average Bonchev–Trinajstić information content (AvgIpc) is 3.27. The van der Waals surface area contributed by atoms with Gasteiger partial charge in [0.25, 0.3) is 0 Å². The molecule has 6 heteroatoms. The van der Waals surface area contributed by atoms with Gasteiger partial charge in [-0.05, 0) is 62.1 Å². The van der Waals surface area contributed by atoms with Crippen LogP contribution < -0.4 is 4.90 Å². The van der Waals surface area contributed by atoms with E-state index >= 15 is 0 Å². The second-order valence-electron chi connectivity index (χ2n) is 7.88. The van der Waals surface area contributed by atoms with Gasteiger partial charge in [-0.3, -0.25) is 4.90 Å². The Labute approximate surface area is 182 Å². The van der Waals surface area contributed by atoms with Crippen LogP contribution >= 0.6 is 0 Å². The molecule has 1 saturated heterocycles. The average molecular weight is 412 g/mol. The van der Waals surface area contributed by atoms with Crippen molar-refractivity contribution in [3.63, 3.8) is 0 Å². The summed E-state index contributed by atoms with van der Waals surface area (Å²) in [5.74, 6) is 5.13. The van der Waals surface area contributed by atoms with E-state index in [-0.39, 0.29) is 5.56 Å². The zero-order valence-electron chi connectivity index (χ0n) is 17.5. The topological polar surface area (TPSA) is 80.5 Å². The first-order chi connectivity index (χ1) is 15.0. The SMILES string of the molecule is Cc1ccc(C(=O)O)c(C#CC2=CC(N3CCN(c4ccc(C#N)cc4)CC3)CC2)n1. The van der Waals surface area contributed by atoms with Crippen LogP contribution in [0.4, 0.5) is 5.69 Å². The fourth-order valence-electron chi connectivity index (χ4n) is 4.12. The van der Waals surface area contributed by atoms with Gasteiger partial charge in [-0.25, -0.2) is 9.78 Å². The first-order valence-corrected chi connectivity index (χ1v) is 10.5. The minimum atomic E-state index is -1.00. The predicted molar refractivity (Wildman–Crippen MR) is 119 cm³/mol. The molecule has 2 heterocycles. The Morgan fingerprint density at radius 2 is 1.84 bits per heavy atom. The van der Waals surface area contributed by atoms with E-state index in [2.05, 4.69) is 38.8 Å². The van der Waals surface area contributed by atoms with Gasteiger partial charge < -0.3 is 10.0 Å². The molecule has 0 spiro atoms. The van der Waals surface area contributed by atoms with Gasteiger partial charge in [0, 0.05) is 49.2 Å². The van der Waals surface area contributed by atoms with E-state index in [9.17, 15) is 9.90 Å². The molecule has 1 aromatic heterocycles. The van der Waals surface area contributed by atoms with Crippen molar-refractivity contribution in [1.29, 1.82) is 5.26 Å². The molecule has 1 atom stereocenters. The Morgan fingerprint density at radius 3 is 2.52 bits per heavy atom. The lowest BCUT2D eigenvalue weighted by molar-refractivity contribution is 0.0696. The molecule has 2 aromatic rings. The van der Waals surface area contributed by atoms with Crippen LogP contribution in [0.15, 0.2) is 48.0 Å². The van der Waals surface area contributed by atoms with Crippen molar-refractivity contribution in [1.82, 2.24) is 9.88 Å². The maximum absolute atomic E-state index is 11.4. The van der Waals surface area contributed by atoms with Crippen molar-refractivity contribution in [2.75, 3.05) is 31.1 Å². The molecule has 2 aliphatic rings. The van der Waals surface area contributed by atoms with E-state index in [1.165, 1.54) is 0 Å². The molecule has 0 bridgehead atoms. The summed E-state index contributed by atoms with van der Waals surface area (Å²) in [5, 5.41) is 18.3. The van der Waals surface area contributed by atoms with E-state index in [0.29, 0.717) is 17.3 Å². The number of benzene rings is 1. The van der Waals surface area contributed by atoms with Gasteiger partial charge >= 0.3 is 5.97 Å². The Morgan fingerprint density at radius 1 is 1.10 bits per heavy atom. The molecular weight excluding hydrogens is 388 g/mol. The molecule has 156 valence electrons. The largest absolute Gasteiger partial charge is 0.478 e. The minimum Gasteiger partial charge on any atom is -0.478 e. The summed E-state index contributed by atoms with van der Waals surface area (Å²) in [5.41, 5.74) is 4.13. The first kappa shape index (κ1) is 20.7. The number of allylic oxidation sites excluding steroid dienone is 1. The van der Waals surface area contributed by atoms with Gasteiger partial charge in [0.05, 0.1) is 17.2 Å². The van der Waals surface area contributed by atoms with Gasteiger partial charge in [0.15, 0.2) is 0 Å². The number of hydrogen-bond acceptors (Lipinski definition) is 5. The Balaban J connectivity index is 1.39. The lowest BCUT2D eigenvalue weighted by Gasteiger charge is -2.38. The molecule has 6 nitrogen and oxygen atoms in total. The highest BCUT2D eigenvalue weighted by Crippen LogP contribution is 2.25. The van der Waals surface area contributed by atoms with Crippen LogP contribution in [0.5, 0.6) is 0 Å². The molecule has 1 unspecified atom stereocenters. The molecule has 1 N–H and O–H groups in total. The van der Waals surface area contributed by atoms with Crippen LogP contribution in [0.2, 0.25) is 0 Å². The first-order valence-electron chi connectivity index (χ1n) is 10.5. The van der Waals surface area contributed by atoms with Crippen molar-refractivity contribution >= 4 is 11.7 Å². The maximum atomic E-state index is 11.4. The van der Waals surface area contributed by atoms with Crippen molar-refractivity contribution in [2.24, 2.45) is 0 Å². The molecule has 0 amide bonds. The van der Waals surface area contributed by atoms with Crippen LogP contribution in [0.25, 0.3) is 0 Å². The lowest BCUT2D eigenvalue weighted by atomic mass is 10.1. The third-order valence-electron chi connectivity index (χ3n) is 5.85. The van der Waals surface area contributed by atoms with Gasteiger partial charge in [0.1, 0.15) is 5.69 Å². The lowest BCUT2D eigenvalue weighted by Crippen LogP contribution is -2.49. The number of carboxylic acids is 1. The van der Waals surface area contributed by atoms with Crippen molar-refractivity contribution in [2.45, 2.75) is 25.8 Å². The quantitative estimate of drug-likeness (QED) is 0.780. The molecule has 0 saturated carbocycles. The summed E-state index contributed by atoms with van der Waals surface area (Å²) >= 11 is 0. The van der Waals surface area contributed by atoms with Crippen molar-refractivity contribution < 1.29 is 9.90 Å². The third kappa shape index (κ3) is 4.77. The summed E-state index contributed by atoms with van der Waals surface area (Å²) in [6, 6.07) is 13.6. The number of nitrogens with zero attached hydrogens (tertiary/aromatic N) is 4. The fourth-order valence-corrected chi connectivity index (χ4v) is 4.12. The van der Waals surface area contributed by atoms with Gasteiger partial charge in [0.2, 0.25) is 0 Å². The maximum Gasteiger partial charge on any atom is 0.338 e. The number of nitriles is 1. The molecule has 31 heavy (non-hydrogen) atoms. The number of aromatic carboxylic acids is 1. The smallest absolute Gasteiger partial charge is 0.338 e. The monoisotopic (exact) mass is 412 g/mol. The minimum absolute atomic E-state index is 0.146. The Kier molecular flexibility index (Phi) is 6.02. The predicted octanol–water partition coefficient (Wildman–Crippen LogP) is 3.22. The fraction of sp³-hybridized carbons (Fsp3) is 0.320. The summed E-state index contributed by atoms with van der Waals surface area (Å²) in [7, 11) is 0. The van der Waals surface area contributed by atoms with Gasteiger partial charge in [-0.2, -0.15) is 5.26 Å². The summed E-state index contributed by atoms with van der Waals surface area (Å²) in [6.07, 6.45) is 4.16. The summed E-state index contributed by atoms with van der Waals surface area (Å²) < 4.78 is 0. The molecule has 1 aliphatic carbocycles. The van der Waals surface area contributed by atoms with Gasteiger partial charge in [-0.15, -0.1) is 0 Å². The van der Waals surface area contributed by atoms with Crippen LogP contribution in [-0.2, 0) is 0 Å². The number of carbonyl (C=O) groups is 1. The molecule has 4 rings (SSSR count). The van der Waals surface area contributed by atoms with E-state index in [0.717, 1.165) is 56.0 Å². The van der Waals surface area contributed by atoms with Crippen molar-refractivity contribution in [3.05, 3.63) is 70.6 Å². The highest BCUT2D eigenvalue weighted by molar-refractivity contribution is 5.90. The third-order valence-corrected chi connectivity index (χ3v) is 5.85. The molecule has 1 fully saturated rings. The summed E-state index contributed by atoms with van der Waals surface area (Å²) in [6.45, 7) is 5.69. The number of aryl methyl sites for hydroxylation is 1. The van der Waals surface area contributed by atoms with Crippen LogP contribution in [0, 0.1) is 30.1 Å². The zero-order chi connectivity index (χ0) is 21.8. The molecule has 1 aromatic carbocycles. The normalized spacial score (nSPS) is 18.6. The number of hydrogen-bond donors (Lipinski definition) is 1. The molecule has 1 aliphatic heterocycles. The van der Waals surface area contributed by atoms with Crippen LogP contribution in [0.1, 0.15) is 40.2 Å². The van der Waals surface area contributed by atoms with Crippen molar-refractivity contribution in [3.8, 4) is 17.9 Å². The standard InChI is InChI=1S/C25H24N4O2/c1-18-2-10-23(25(30)31)24(27-18)11-6-19-3-9-22(16-19)29-14-12-28(13-15-29)21-7-4-20(17-26)5-8-21/h2,4-5,7-8,10,16,22H,3,9,12-15H2,1H3,(H,30,31). The number of piperazine rings is 1. The number of carboxylic acid groups (broad SMARTS) is 1. The highest BCUT2D eigenvalue weighted by atomic mass is 16.4. The molecule has 0 radical (unpaired) electrons. The summed E-state index contributed by atoms with van der Waals surface area (Å²) in [4.78, 5) is 20.5. The Hall–Kier alpha value is -3.61. The number of pyridine rings is 1. The van der Waals surface area contributed by atoms with E-state index in [1.807, 2.05) is 31.2 Å². The Bertz CT molecular complexity index is 1110. The number of aromatic nitrogens is 1. The van der Waals surface area contributed by atoms with E-state index < -0.39 is 5.97 Å². The van der Waals surface area contributed by atoms with Gasteiger partial charge in [-0.1, -0.05) is 12.0 Å². The van der Waals surface area contributed by atoms with Crippen LogP contribution in [0.3, 0.4) is 0 Å². The number of rotatable bonds is 3. The van der Waals surface area contributed by atoms with Crippen LogP contribution in [-0.4, -0.2) is 53.2 Å². The second kappa shape index (κ2) is 9.04. The van der Waals surface area contributed by atoms with E-state index in [4.69, 9.17) is 5.26 Å². The molecular formula is C25H24N4O2. The number of anilines is 1. The second-order valence-corrected chi connectivity index (χ2v) is 7.88. The zero-order valence-corrected chi connectivity index (χ0v) is 17.5. The van der Waals surface area contributed by atoms with E-state index in [1.54, 1.807) is 12.1 Å².